The number of amides is 1. The van der Waals surface area contributed by atoms with Gasteiger partial charge in [0.05, 0.1) is 0 Å². The van der Waals surface area contributed by atoms with E-state index in [1.807, 2.05) is 30.3 Å². The molecule has 2 aromatic rings. The largest absolute Gasteiger partial charge is 0.445 e. The number of ether oxygens (including phenoxy) is 1. The molecule has 0 heterocycles. The first-order valence-corrected chi connectivity index (χ1v) is 8.40. The Morgan fingerprint density at radius 3 is 2.54 bits per heavy atom. The highest BCUT2D eigenvalue weighted by Gasteiger charge is 2.23. The van der Waals surface area contributed by atoms with Crippen LogP contribution in [0.4, 0.5) is 4.79 Å². The highest BCUT2D eigenvalue weighted by Crippen LogP contribution is 2.32. The molecule has 5 nitrogen and oxygen atoms in total. The van der Waals surface area contributed by atoms with Gasteiger partial charge in [0.2, 0.25) is 0 Å². The smallest absolute Gasteiger partial charge is 0.407 e. The standard InChI is InChI=1S/C17H17BrClNO4/c18-12-7-4-8-13(19)15(12)16(22)14(21)9-20-17(23)24-10-11-5-2-1-3-6-11/h1-8,14,16,21-22H,9-10H2,(H,20,23). The molecule has 0 fully saturated rings. The molecule has 0 saturated carbocycles. The second kappa shape index (κ2) is 9.03. The predicted octanol–water partition coefficient (Wildman–Crippen LogP) is 3.42. The van der Waals surface area contributed by atoms with E-state index in [0.717, 1.165) is 5.56 Å². The molecule has 2 unspecified atom stereocenters. The Balaban J connectivity index is 1.83. The molecule has 0 radical (unpaired) electrons. The number of carbonyl (C=O) groups excluding carboxylic acids is 1. The minimum absolute atomic E-state index is 0.126. The second-order valence-electron chi connectivity index (χ2n) is 5.09. The molecule has 0 bridgehead atoms. The van der Waals surface area contributed by atoms with Gasteiger partial charge in [-0.3, -0.25) is 0 Å². The third kappa shape index (κ3) is 5.21. The van der Waals surface area contributed by atoms with Crippen LogP contribution < -0.4 is 5.32 Å². The highest BCUT2D eigenvalue weighted by atomic mass is 79.9. The number of benzene rings is 2. The van der Waals surface area contributed by atoms with Gasteiger partial charge in [-0.15, -0.1) is 0 Å². The molecule has 24 heavy (non-hydrogen) atoms. The molecule has 0 aromatic heterocycles. The number of hydrogen-bond donors (Lipinski definition) is 3. The molecule has 3 N–H and O–H groups in total. The Morgan fingerprint density at radius 2 is 1.88 bits per heavy atom. The molecule has 2 rings (SSSR count). The molecule has 7 heteroatoms. The molecule has 0 aliphatic heterocycles. The zero-order chi connectivity index (χ0) is 17.5. The summed E-state index contributed by atoms with van der Waals surface area (Å²) in [5.41, 5.74) is 1.22. The number of aliphatic hydroxyl groups excluding tert-OH is 2. The van der Waals surface area contributed by atoms with Crippen LogP contribution in [0.5, 0.6) is 0 Å². The average molecular weight is 415 g/mol. The number of alkyl carbamates (subject to hydrolysis) is 1. The van der Waals surface area contributed by atoms with Crippen molar-refractivity contribution in [2.75, 3.05) is 6.54 Å². The van der Waals surface area contributed by atoms with E-state index < -0.39 is 18.3 Å². The van der Waals surface area contributed by atoms with Gasteiger partial charge in [0, 0.05) is 21.6 Å². The third-order valence-electron chi connectivity index (χ3n) is 3.33. The van der Waals surface area contributed by atoms with Crippen molar-refractivity contribution in [2.45, 2.75) is 18.8 Å². The lowest BCUT2D eigenvalue weighted by Crippen LogP contribution is -2.36. The lowest BCUT2D eigenvalue weighted by Gasteiger charge is -2.20. The van der Waals surface area contributed by atoms with Gasteiger partial charge in [0.25, 0.3) is 0 Å². The minimum Gasteiger partial charge on any atom is -0.445 e. The first kappa shape index (κ1) is 18.7. The zero-order valence-corrected chi connectivity index (χ0v) is 15.0. The van der Waals surface area contributed by atoms with Gasteiger partial charge < -0.3 is 20.3 Å². The summed E-state index contributed by atoms with van der Waals surface area (Å²) in [6.45, 7) is -0.0478. The van der Waals surface area contributed by atoms with Crippen molar-refractivity contribution in [1.29, 1.82) is 0 Å². The number of rotatable bonds is 6. The molecule has 0 aliphatic rings. The molecule has 2 aromatic carbocycles. The van der Waals surface area contributed by atoms with Gasteiger partial charge >= 0.3 is 6.09 Å². The Hall–Kier alpha value is -1.60. The van der Waals surface area contributed by atoms with E-state index in [1.54, 1.807) is 18.2 Å². The quantitative estimate of drug-likeness (QED) is 0.677. The SMILES string of the molecule is O=C(NCC(O)C(O)c1c(Cl)cccc1Br)OCc1ccccc1. The minimum atomic E-state index is -1.25. The van der Waals surface area contributed by atoms with Crippen LogP contribution in [0.1, 0.15) is 17.2 Å². The first-order valence-electron chi connectivity index (χ1n) is 7.23. The Morgan fingerprint density at radius 1 is 1.17 bits per heavy atom. The fourth-order valence-corrected chi connectivity index (χ4v) is 3.06. The van der Waals surface area contributed by atoms with Crippen LogP contribution in [-0.2, 0) is 11.3 Å². The topological polar surface area (TPSA) is 78.8 Å². The van der Waals surface area contributed by atoms with Crippen molar-refractivity contribution in [1.82, 2.24) is 5.32 Å². The maximum Gasteiger partial charge on any atom is 0.407 e. The average Bonchev–Trinajstić information content (AvgIpc) is 2.58. The third-order valence-corrected chi connectivity index (χ3v) is 4.35. The molecule has 2 atom stereocenters. The molecule has 0 aliphatic carbocycles. The van der Waals surface area contributed by atoms with Gasteiger partial charge in [-0.1, -0.05) is 63.9 Å². The maximum atomic E-state index is 11.7. The number of nitrogens with one attached hydrogen (secondary N) is 1. The van der Waals surface area contributed by atoms with Crippen molar-refractivity contribution in [3.8, 4) is 0 Å². The van der Waals surface area contributed by atoms with E-state index in [1.165, 1.54) is 0 Å². The van der Waals surface area contributed by atoms with Gasteiger partial charge in [0.1, 0.15) is 18.8 Å². The zero-order valence-electron chi connectivity index (χ0n) is 12.7. The molecule has 128 valence electrons. The Kier molecular flexibility index (Phi) is 7.05. The Labute approximate surface area is 153 Å². The van der Waals surface area contributed by atoms with Crippen LogP contribution in [0.2, 0.25) is 5.02 Å². The summed E-state index contributed by atoms with van der Waals surface area (Å²) < 4.78 is 5.61. The first-order chi connectivity index (χ1) is 11.5. The van der Waals surface area contributed by atoms with Crippen LogP contribution in [0.3, 0.4) is 0 Å². The summed E-state index contributed by atoms with van der Waals surface area (Å²) in [7, 11) is 0. The van der Waals surface area contributed by atoms with Gasteiger partial charge in [0.15, 0.2) is 0 Å². The summed E-state index contributed by atoms with van der Waals surface area (Å²) >= 11 is 9.31. The second-order valence-corrected chi connectivity index (χ2v) is 6.35. The summed E-state index contributed by atoms with van der Waals surface area (Å²) in [5, 5.41) is 23.0. The van der Waals surface area contributed by atoms with Gasteiger partial charge in [-0.05, 0) is 17.7 Å². The lowest BCUT2D eigenvalue weighted by atomic mass is 10.0. The van der Waals surface area contributed by atoms with Crippen molar-refractivity contribution < 1.29 is 19.7 Å². The van der Waals surface area contributed by atoms with Gasteiger partial charge in [-0.2, -0.15) is 0 Å². The molecular formula is C17H17BrClNO4. The van der Waals surface area contributed by atoms with Crippen molar-refractivity contribution in [2.24, 2.45) is 0 Å². The number of carbonyl (C=O) groups is 1. The molecular weight excluding hydrogens is 398 g/mol. The van der Waals surface area contributed by atoms with E-state index in [-0.39, 0.29) is 13.2 Å². The van der Waals surface area contributed by atoms with E-state index in [0.29, 0.717) is 15.1 Å². The highest BCUT2D eigenvalue weighted by molar-refractivity contribution is 9.10. The fourth-order valence-electron chi connectivity index (χ4n) is 2.06. The summed E-state index contributed by atoms with van der Waals surface area (Å²) in [6, 6.07) is 14.3. The summed E-state index contributed by atoms with van der Waals surface area (Å²) in [6.07, 6.45) is -3.16. The monoisotopic (exact) mass is 413 g/mol. The number of halogens is 2. The van der Waals surface area contributed by atoms with Gasteiger partial charge in [-0.25, -0.2) is 4.79 Å². The lowest BCUT2D eigenvalue weighted by molar-refractivity contribution is 0.0180. The summed E-state index contributed by atoms with van der Waals surface area (Å²) in [5.74, 6) is 0. The van der Waals surface area contributed by atoms with Crippen molar-refractivity contribution in [3.05, 3.63) is 69.2 Å². The van der Waals surface area contributed by atoms with Crippen LogP contribution >= 0.6 is 27.5 Å². The van der Waals surface area contributed by atoms with E-state index in [9.17, 15) is 15.0 Å². The van der Waals surface area contributed by atoms with Crippen LogP contribution in [-0.4, -0.2) is 29.0 Å². The Bertz CT molecular complexity index is 663. The summed E-state index contributed by atoms with van der Waals surface area (Å²) in [4.78, 5) is 11.7. The normalized spacial score (nSPS) is 13.2. The predicted molar refractivity (Wildman–Crippen MR) is 94.7 cm³/mol. The molecule has 0 spiro atoms. The van der Waals surface area contributed by atoms with Crippen LogP contribution in [0.25, 0.3) is 0 Å². The molecule has 1 amide bonds. The van der Waals surface area contributed by atoms with E-state index in [4.69, 9.17) is 16.3 Å². The van der Waals surface area contributed by atoms with E-state index >= 15 is 0 Å². The van der Waals surface area contributed by atoms with Crippen molar-refractivity contribution >= 4 is 33.6 Å². The fraction of sp³-hybridized carbons (Fsp3) is 0.235. The maximum absolute atomic E-state index is 11.7. The molecule has 0 saturated heterocycles. The van der Waals surface area contributed by atoms with Crippen molar-refractivity contribution in [3.63, 3.8) is 0 Å². The van der Waals surface area contributed by atoms with Crippen LogP contribution in [0, 0.1) is 0 Å². The number of hydrogen-bond acceptors (Lipinski definition) is 4. The van der Waals surface area contributed by atoms with Crippen LogP contribution in [0.15, 0.2) is 53.0 Å². The number of aliphatic hydroxyl groups is 2. The van der Waals surface area contributed by atoms with E-state index in [2.05, 4.69) is 21.2 Å².